The van der Waals surface area contributed by atoms with Crippen LogP contribution in [0.5, 0.6) is 0 Å². The number of rotatable bonds is 0. The first-order valence-corrected chi connectivity index (χ1v) is 4.22. The zero-order chi connectivity index (χ0) is 8.77. The Labute approximate surface area is 71.4 Å². The van der Waals surface area contributed by atoms with Gasteiger partial charge in [-0.25, -0.2) is 0 Å². The SMILES string of the molecule is CC1(C)O[C@@H]2CO[C@@H](O)C[C@H]2O1. The molecule has 0 spiro atoms. The van der Waals surface area contributed by atoms with Gasteiger partial charge < -0.3 is 19.3 Å². The summed E-state index contributed by atoms with van der Waals surface area (Å²) >= 11 is 0. The van der Waals surface area contributed by atoms with Crippen LogP contribution in [0.1, 0.15) is 20.3 Å². The van der Waals surface area contributed by atoms with Crippen LogP contribution in [0.3, 0.4) is 0 Å². The van der Waals surface area contributed by atoms with E-state index in [0.717, 1.165) is 0 Å². The molecule has 0 saturated carbocycles. The van der Waals surface area contributed by atoms with E-state index in [0.29, 0.717) is 13.0 Å². The summed E-state index contributed by atoms with van der Waals surface area (Å²) in [5.41, 5.74) is 0. The molecular weight excluding hydrogens is 160 g/mol. The van der Waals surface area contributed by atoms with Crippen molar-refractivity contribution in [2.75, 3.05) is 6.61 Å². The van der Waals surface area contributed by atoms with Crippen molar-refractivity contribution >= 4 is 0 Å². The third kappa shape index (κ3) is 1.47. The molecule has 2 fully saturated rings. The molecule has 4 nitrogen and oxygen atoms in total. The van der Waals surface area contributed by atoms with Crippen molar-refractivity contribution in [1.29, 1.82) is 0 Å². The normalized spacial score (nSPS) is 45.8. The van der Waals surface area contributed by atoms with Crippen LogP contribution in [0.15, 0.2) is 0 Å². The van der Waals surface area contributed by atoms with E-state index in [1.807, 2.05) is 13.8 Å². The Morgan fingerprint density at radius 1 is 1.25 bits per heavy atom. The molecule has 0 aliphatic carbocycles. The molecule has 4 heteroatoms. The molecule has 1 N–H and O–H groups in total. The molecule has 12 heavy (non-hydrogen) atoms. The Morgan fingerprint density at radius 3 is 2.67 bits per heavy atom. The number of ether oxygens (including phenoxy) is 3. The minimum Gasteiger partial charge on any atom is -0.368 e. The number of aliphatic hydroxyl groups excluding tert-OH is 1. The molecule has 70 valence electrons. The van der Waals surface area contributed by atoms with Gasteiger partial charge in [-0.15, -0.1) is 0 Å². The van der Waals surface area contributed by atoms with E-state index in [1.54, 1.807) is 0 Å². The maximum absolute atomic E-state index is 9.17. The average Bonchev–Trinajstić information content (AvgIpc) is 2.21. The average molecular weight is 174 g/mol. The highest BCUT2D eigenvalue weighted by Gasteiger charge is 2.44. The molecule has 3 atom stereocenters. The predicted molar refractivity (Wildman–Crippen MR) is 40.4 cm³/mol. The van der Waals surface area contributed by atoms with Crippen LogP contribution >= 0.6 is 0 Å². The Balaban J connectivity index is 2.02. The zero-order valence-electron chi connectivity index (χ0n) is 7.32. The van der Waals surface area contributed by atoms with Crippen LogP contribution in [-0.4, -0.2) is 36.0 Å². The van der Waals surface area contributed by atoms with Gasteiger partial charge in [-0.2, -0.15) is 0 Å². The van der Waals surface area contributed by atoms with Gasteiger partial charge in [-0.1, -0.05) is 0 Å². The highest BCUT2D eigenvalue weighted by molar-refractivity contribution is 4.84. The van der Waals surface area contributed by atoms with Crippen molar-refractivity contribution in [2.24, 2.45) is 0 Å². The van der Waals surface area contributed by atoms with Gasteiger partial charge in [0, 0.05) is 6.42 Å². The van der Waals surface area contributed by atoms with Crippen LogP contribution in [0.25, 0.3) is 0 Å². The molecule has 0 bridgehead atoms. The fourth-order valence-corrected chi connectivity index (χ4v) is 1.72. The van der Waals surface area contributed by atoms with Crippen LogP contribution in [0.4, 0.5) is 0 Å². The van der Waals surface area contributed by atoms with E-state index in [1.165, 1.54) is 0 Å². The second kappa shape index (κ2) is 2.67. The van der Waals surface area contributed by atoms with E-state index >= 15 is 0 Å². The Bertz CT molecular complexity index is 180. The summed E-state index contributed by atoms with van der Waals surface area (Å²) in [6.45, 7) is 4.17. The first-order chi connectivity index (χ1) is 5.57. The molecule has 0 aromatic rings. The van der Waals surface area contributed by atoms with Crippen molar-refractivity contribution in [3.05, 3.63) is 0 Å². The summed E-state index contributed by atoms with van der Waals surface area (Å²) < 4.78 is 16.1. The van der Waals surface area contributed by atoms with E-state index in [9.17, 15) is 0 Å². The lowest BCUT2D eigenvalue weighted by Gasteiger charge is -2.26. The van der Waals surface area contributed by atoms with Crippen molar-refractivity contribution in [3.8, 4) is 0 Å². The van der Waals surface area contributed by atoms with E-state index < -0.39 is 12.1 Å². The standard InChI is InChI=1S/C8H14O4/c1-8(2)11-5-3-7(9)10-4-6(5)12-8/h5-7,9H,3-4H2,1-2H3/t5-,6-,7-/m1/s1. The second-order valence-corrected chi connectivity index (χ2v) is 3.74. The van der Waals surface area contributed by atoms with E-state index in [2.05, 4.69) is 0 Å². The zero-order valence-corrected chi connectivity index (χ0v) is 7.32. The van der Waals surface area contributed by atoms with Gasteiger partial charge in [0.2, 0.25) is 0 Å². The summed E-state index contributed by atoms with van der Waals surface area (Å²) in [5, 5.41) is 9.17. The number of hydrogen-bond acceptors (Lipinski definition) is 4. The molecule has 2 heterocycles. The molecule has 0 amide bonds. The topological polar surface area (TPSA) is 47.9 Å². The van der Waals surface area contributed by atoms with Crippen molar-refractivity contribution in [3.63, 3.8) is 0 Å². The van der Waals surface area contributed by atoms with Gasteiger partial charge in [0.15, 0.2) is 12.1 Å². The lowest BCUT2D eigenvalue weighted by Crippen LogP contribution is -2.39. The maximum Gasteiger partial charge on any atom is 0.163 e. The van der Waals surface area contributed by atoms with E-state index in [4.69, 9.17) is 19.3 Å². The lowest BCUT2D eigenvalue weighted by atomic mass is 10.1. The summed E-state index contributed by atoms with van der Waals surface area (Å²) in [6, 6.07) is 0. The van der Waals surface area contributed by atoms with Gasteiger partial charge in [0.05, 0.1) is 12.7 Å². The van der Waals surface area contributed by atoms with Crippen molar-refractivity contribution in [2.45, 2.75) is 44.6 Å². The summed E-state index contributed by atoms with van der Waals surface area (Å²) in [5.74, 6) is -0.525. The Kier molecular flexibility index (Phi) is 1.88. The molecule has 0 aromatic heterocycles. The van der Waals surface area contributed by atoms with Crippen molar-refractivity contribution < 1.29 is 19.3 Å². The van der Waals surface area contributed by atoms with Gasteiger partial charge in [-0.3, -0.25) is 0 Å². The quantitative estimate of drug-likeness (QED) is 0.571. The predicted octanol–water partition coefficient (Wildman–Crippen LogP) is 0.245. The van der Waals surface area contributed by atoms with Gasteiger partial charge in [0.1, 0.15) is 6.10 Å². The highest BCUT2D eigenvalue weighted by Crippen LogP contribution is 2.33. The molecule has 0 radical (unpaired) electrons. The number of aliphatic hydroxyl groups is 1. The molecule has 2 rings (SSSR count). The number of hydrogen-bond donors (Lipinski definition) is 1. The third-order valence-corrected chi connectivity index (χ3v) is 2.17. The van der Waals surface area contributed by atoms with Crippen LogP contribution in [-0.2, 0) is 14.2 Å². The van der Waals surface area contributed by atoms with Gasteiger partial charge >= 0.3 is 0 Å². The van der Waals surface area contributed by atoms with Gasteiger partial charge in [0.25, 0.3) is 0 Å². The van der Waals surface area contributed by atoms with Crippen LogP contribution in [0, 0.1) is 0 Å². The first-order valence-electron chi connectivity index (χ1n) is 4.22. The monoisotopic (exact) mass is 174 g/mol. The Hall–Kier alpha value is -0.160. The lowest BCUT2D eigenvalue weighted by molar-refractivity contribution is -0.167. The fraction of sp³-hybridized carbons (Fsp3) is 1.00. The van der Waals surface area contributed by atoms with Crippen LogP contribution in [0.2, 0.25) is 0 Å². The third-order valence-electron chi connectivity index (χ3n) is 2.17. The summed E-state index contributed by atoms with van der Waals surface area (Å²) in [4.78, 5) is 0. The minimum absolute atomic E-state index is 0.0104. The number of fused-ring (bicyclic) bond motifs is 1. The molecule has 2 aliphatic rings. The van der Waals surface area contributed by atoms with Gasteiger partial charge in [-0.05, 0) is 13.8 Å². The maximum atomic E-state index is 9.17. The summed E-state index contributed by atoms with van der Waals surface area (Å²) in [7, 11) is 0. The molecule has 2 saturated heterocycles. The summed E-state index contributed by atoms with van der Waals surface area (Å²) in [6.07, 6.45) is -0.204. The van der Waals surface area contributed by atoms with E-state index in [-0.39, 0.29) is 12.2 Å². The minimum atomic E-state index is -0.691. The molecular formula is C8H14O4. The highest BCUT2D eigenvalue weighted by atomic mass is 16.8. The second-order valence-electron chi connectivity index (χ2n) is 3.74. The molecule has 2 aliphatic heterocycles. The fourth-order valence-electron chi connectivity index (χ4n) is 1.72. The van der Waals surface area contributed by atoms with Crippen molar-refractivity contribution in [1.82, 2.24) is 0 Å². The molecule has 0 aromatic carbocycles. The first kappa shape index (κ1) is 8.44. The molecule has 0 unspecified atom stereocenters. The largest absolute Gasteiger partial charge is 0.368 e. The Morgan fingerprint density at radius 2 is 1.92 bits per heavy atom. The smallest absolute Gasteiger partial charge is 0.163 e. The van der Waals surface area contributed by atoms with Crippen LogP contribution < -0.4 is 0 Å².